The summed E-state index contributed by atoms with van der Waals surface area (Å²) in [4.78, 5) is 11.7. The third-order valence-electron chi connectivity index (χ3n) is 3.31. The fourth-order valence-corrected chi connectivity index (χ4v) is 2.25. The van der Waals surface area contributed by atoms with E-state index in [0.717, 1.165) is 13.1 Å². The van der Waals surface area contributed by atoms with Crippen molar-refractivity contribution in [3.63, 3.8) is 0 Å². The maximum atomic E-state index is 11.7. The summed E-state index contributed by atoms with van der Waals surface area (Å²) in [5, 5.41) is 6.28. The molecular weight excluding hydrogens is 300 g/mol. The van der Waals surface area contributed by atoms with Crippen LogP contribution >= 0.6 is 0 Å². The Kier molecular flexibility index (Phi) is 6.38. The molecule has 0 aliphatic rings. The van der Waals surface area contributed by atoms with E-state index in [9.17, 15) is 4.79 Å². The Morgan fingerprint density at radius 3 is 2.08 bits per heavy atom. The van der Waals surface area contributed by atoms with Gasteiger partial charge < -0.3 is 15.4 Å². The minimum Gasteiger partial charge on any atom is -0.484 e. The Labute approximate surface area is 144 Å². The molecule has 0 fully saturated rings. The van der Waals surface area contributed by atoms with E-state index < -0.39 is 0 Å². The zero-order valence-corrected chi connectivity index (χ0v) is 14.6. The summed E-state index contributed by atoms with van der Waals surface area (Å²) in [5.41, 5.74) is 2.20. The molecule has 0 radical (unpaired) electrons. The van der Waals surface area contributed by atoms with Crippen LogP contribution in [0.25, 0.3) is 0 Å². The van der Waals surface area contributed by atoms with E-state index in [1.165, 1.54) is 11.1 Å². The zero-order valence-electron chi connectivity index (χ0n) is 14.6. The second kappa shape index (κ2) is 8.50. The van der Waals surface area contributed by atoms with Gasteiger partial charge in [-0.25, -0.2) is 0 Å². The summed E-state index contributed by atoms with van der Waals surface area (Å²) in [6.45, 7) is 7.50. The van der Waals surface area contributed by atoms with Crippen LogP contribution in [0.2, 0.25) is 0 Å². The molecule has 0 atom stereocenters. The van der Waals surface area contributed by atoms with E-state index >= 15 is 0 Å². The lowest BCUT2D eigenvalue weighted by molar-refractivity contribution is -0.124. The van der Waals surface area contributed by atoms with E-state index in [4.69, 9.17) is 4.74 Å². The molecule has 4 nitrogen and oxygen atoms in total. The molecule has 0 bridgehead atoms. The average Bonchev–Trinajstić information content (AvgIpc) is 2.53. The van der Waals surface area contributed by atoms with Crippen LogP contribution in [0, 0.1) is 0 Å². The molecule has 2 aromatic rings. The molecular formula is C20H26N2O2. The van der Waals surface area contributed by atoms with Crippen LogP contribution in [0.1, 0.15) is 31.9 Å². The predicted molar refractivity (Wildman–Crippen MR) is 96.8 cm³/mol. The van der Waals surface area contributed by atoms with Gasteiger partial charge in [-0.05, 0) is 44.0 Å². The standard InChI is InChI=1S/C20H26N2O2/c1-20(2,3)22-19(23)15-24-18-11-9-17(10-12-18)14-21-13-16-7-5-4-6-8-16/h4-12,21H,13-15H2,1-3H3,(H,22,23). The molecule has 4 heteroatoms. The van der Waals surface area contributed by atoms with Crippen LogP contribution in [-0.2, 0) is 17.9 Å². The molecule has 2 N–H and O–H groups in total. The van der Waals surface area contributed by atoms with E-state index in [0.29, 0.717) is 5.75 Å². The van der Waals surface area contributed by atoms with Crippen molar-refractivity contribution in [3.8, 4) is 5.75 Å². The first-order valence-electron chi connectivity index (χ1n) is 8.20. The molecule has 1 amide bonds. The molecule has 0 unspecified atom stereocenters. The maximum Gasteiger partial charge on any atom is 0.258 e. The largest absolute Gasteiger partial charge is 0.484 e. The SMILES string of the molecule is CC(C)(C)NC(=O)COc1ccc(CNCc2ccccc2)cc1. The van der Waals surface area contributed by atoms with Crippen molar-refractivity contribution in [2.75, 3.05) is 6.61 Å². The van der Waals surface area contributed by atoms with Gasteiger partial charge in [-0.15, -0.1) is 0 Å². The lowest BCUT2D eigenvalue weighted by Crippen LogP contribution is -2.43. The van der Waals surface area contributed by atoms with Crippen molar-refractivity contribution in [2.45, 2.75) is 39.4 Å². The fraction of sp³-hybridized carbons (Fsp3) is 0.350. The minimum absolute atomic E-state index is 0.0306. The summed E-state index contributed by atoms with van der Waals surface area (Å²) in [6, 6.07) is 18.1. The maximum absolute atomic E-state index is 11.7. The minimum atomic E-state index is -0.241. The average molecular weight is 326 g/mol. The molecule has 0 aliphatic carbocycles. The van der Waals surface area contributed by atoms with Crippen molar-refractivity contribution in [3.05, 3.63) is 65.7 Å². The second-order valence-corrected chi connectivity index (χ2v) is 6.82. The van der Waals surface area contributed by atoms with Crippen LogP contribution in [0.4, 0.5) is 0 Å². The lowest BCUT2D eigenvalue weighted by atomic mass is 10.1. The molecule has 2 rings (SSSR count). The monoisotopic (exact) mass is 326 g/mol. The van der Waals surface area contributed by atoms with Gasteiger partial charge >= 0.3 is 0 Å². The summed E-state index contributed by atoms with van der Waals surface area (Å²) in [7, 11) is 0. The van der Waals surface area contributed by atoms with E-state index in [2.05, 4.69) is 22.8 Å². The summed E-state index contributed by atoms with van der Waals surface area (Å²) < 4.78 is 5.51. The lowest BCUT2D eigenvalue weighted by Gasteiger charge is -2.20. The smallest absolute Gasteiger partial charge is 0.258 e. The normalized spacial score (nSPS) is 11.1. The topological polar surface area (TPSA) is 50.4 Å². The van der Waals surface area contributed by atoms with E-state index in [1.807, 2.05) is 63.2 Å². The number of carbonyl (C=O) groups is 1. The van der Waals surface area contributed by atoms with Gasteiger partial charge in [-0.1, -0.05) is 42.5 Å². The highest BCUT2D eigenvalue weighted by molar-refractivity contribution is 5.78. The van der Waals surface area contributed by atoms with Gasteiger partial charge in [-0.3, -0.25) is 4.79 Å². The first kappa shape index (κ1) is 18.0. The van der Waals surface area contributed by atoms with Gasteiger partial charge in [0.2, 0.25) is 0 Å². The highest BCUT2D eigenvalue weighted by atomic mass is 16.5. The van der Waals surface area contributed by atoms with Crippen molar-refractivity contribution in [1.29, 1.82) is 0 Å². The van der Waals surface area contributed by atoms with Crippen LogP contribution in [0.15, 0.2) is 54.6 Å². The molecule has 128 valence electrons. The highest BCUT2D eigenvalue weighted by Crippen LogP contribution is 2.12. The van der Waals surface area contributed by atoms with Gasteiger partial charge in [0.15, 0.2) is 6.61 Å². The number of benzene rings is 2. The van der Waals surface area contributed by atoms with Crippen LogP contribution < -0.4 is 15.4 Å². The molecule has 0 spiro atoms. The highest BCUT2D eigenvalue weighted by Gasteiger charge is 2.13. The predicted octanol–water partition coefficient (Wildman–Crippen LogP) is 3.27. The Hall–Kier alpha value is -2.33. The van der Waals surface area contributed by atoms with Crippen LogP contribution in [0.5, 0.6) is 5.75 Å². The Balaban J connectivity index is 1.73. The number of carbonyl (C=O) groups excluding carboxylic acids is 1. The Bertz CT molecular complexity index is 631. The summed E-state index contributed by atoms with van der Waals surface area (Å²) in [5.74, 6) is 0.585. The summed E-state index contributed by atoms with van der Waals surface area (Å²) in [6.07, 6.45) is 0. The van der Waals surface area contributed by atoms with Gasteiger partial charge in [0.25, 0.3) is 5.91 Å². The number of hydrogen-bond donors (Lipinski definition) is 2. The Morgan fingerprint density at radius 1 is 0.917 bits per heavy atom. The Morgan fingerprint density at radius 2 is 1.50 bits per heavy atom. The van der Waals surface area contributed by atoms with Crippen molar-refractivity contribution in [2.24, 2.45) is 0 Å². The first-order chi connectivity index (χ1) is 11.4. The zero-order chi connectivity index (χ0) is 17.4. The van der Waals surface area contributed by atoms with Gasteiger partial charge in [0.1, 0.15) is 5.75 Å². The third-order valence-corrected chi connectivity index (χ3v) is 3.31. The van der Waals surface area contributed by atoms with E-state index in [-0.39, 0.29) is 18.1 Å². The van der Waals surface area contributed by atoms with Crippen molar-refractivity contribution >= 4 is 5.91 Å². The number of amides is 1. The van der Waals surface area contributed by atoms with Crippen LogP contribution in [0.3, 0.4) is 0 Å². The molecule has 0 saturated heterocycles. The molecule has 2 aromatic carbocycles. The van der Waals surface area contributed by atoms with Gasteiger partial charge in [-0.2, -0.15) is 0 Å². The fourth-order valence-electron chi connectivity index (χ4n) is 2.25. The molecule has 0 aromatic heterocycles. The molecule has 0 aliphatic heterocycles. The third kappa shape index (κ3) is 6.84. The molecule has 0 heterocycles. The number of nitrogens with one attached hydrogen (secondary N) is 2. The van der Waals surface area contributed by atoms with Crippen LogP contribution in [-0.4, -0.2) is 18.1 Å². The quantitative estimate of drug-likeness (QED) is 0.821. The van der Waals surface area contributed by atoms with Gasteiger partial charge in [0, 0.05) is 18.6 Å². The van der Waals surface area contributed by atoms with Gasteiger partial charge in [0.05, 0.1) is 0 Å². The number of rotatable bonds is 7. The number of ether oxygens (including phenoxy) is 1. The first-order valence-corrected chi connectivity index (χ1v) is 8.20. The molecule has 0 saturated carbocycles. The van der Waals surface area contributed by atoms with Crippen molar-refractivity contribution in [1.82, 2.24) is 10.6 Å². The molecule has 24 heavy (non-hydrogen) atoms. The number of hydrogen-bond acceptors (Lipinski definition) is 3. The van der Waals surface area contributed by atoms with Crippen molar-refractivity contribution < 1.29 is 9.53 Å². The summed E-state index contributed by atoms with van der Waals surface area (Å²) >= 11 is 0. The second-order valence-electron chi connectivity index (χ2n) is 6.82. The van der Waals surface area contributed by atoms with E-state index in [1.54, 1.807) is 0 Å².